The molecule has 1 aliphatic heterocycles. The number of benzene rings is 2. The van der Waals surface area contributed by atoms with Crippen molar-refractivity contribution in [2.45, 2.75) is 23.1 Å². The minimum atomic E-state index is -5.41. The number of anilines is 1. The Morgan fingerprint density at radius 3 is 2.14 bits per heavy atom. The Morgan fingerprint density at radius 2 is 1.61 bits per heavy atom. The van der Waals surface area contributed by atoms with Crippen molar-refractivity contribution in [2.24, 2.45) is 0 Å². The molecule has 3 rings (SSSR count). The van der Waals surface area contributed by atoms with Gasteiger partial charge in [-0.2, -0.15) is 13.2 Å². The van der Waals surface area contributed by atoms with Crippen LogP contribution in [0.4, 0.5) is 18.9 Å². The van der Waals surface area contributed by atoms with Gasteiger partial charge in [-0.3, -0.25) is 0 Å². The van der Waals surface area contributed by atoms with E-state index in [1.165, 1.54) is 26.4 Å². The molecule has 0 spiro atoms. The molecule has 0 unspecified atom stereocenters. The fourth-order valence-electron chi connectivity index (χ4n) is 3.24. The van der Waals surface area contributed by atoms with E-state index < -0.39 is 26.3 Å². The van der Waals surface area contributed by atoms with Gasteiger partial charge in [0.25, 0.3) is 9.84 Å². The van der Waals surface area contributed by atoms with Gasteiger partial charge >= 0.3 is 5.51 Å². The number of ether oxygens (including phenoxy) is 2. The SMILES string of the molecule is COc1ccc(OC)c2c1CN(c1ccc(S(=O)(=O)C(F)(F)F)cc1)C[C@@H]2O. The van der Waals surface area contributed by atoms with E-state index in [9.17, 15) is 26.7 Å². The van der Waals surface area contributed by atoms with Crippen LogP contribution in [0.15, 0.2) is 41.3 Å². The molecule has 0 saturated carbocycles. The Labute approximate surface area is 160 Å². The molecule has 1 heterocycles. The summed E-state index contributed by atoms with van der Waals surface area (Å²) in [7, 11) is -2.43. The minimum absolute atomic E-state index is 0.155. The second-order valence-corrected chi connectivity index (χ2v) is 8.14. The van der Waals surface area contributed by atoms with Gasteiger partial charge in [0.15, 0.2) is 0 Å². The van der Waals surface area contributed by atoms with Gasteiger partial charge in [0.2, 0.25) is 0 Å². The van der Waals surface area contributed by atoms with E-state index in [0.717, 1.165) is 12.1 Å². The van der Waals surface area contributed by atoms with Gasteiger partial charge in [-0.25, -0.2) is 8.42 Å². The van der Waals surface area contributed by atoms with Crippen LogP contribution in [-0.4, -0.2) is 39.8 Å². The van der Waals surface area contributed by atoms with Crippen LogP contribution >= 0.6 is 0 Å². The molecule has 2 aromatic carbocycles. The summed E-state index contributed by atoms with van der Waals surface area (Å²) in [6.07, 6.45) is -0.924. The summed E-state index contributed by atoms with van der Waals surface area (Å²) in [5, 5.41) is 10.6. The van der Waals surface area contributed by atoms with Crippen molar-refractivity contribution in [2.75, 3.05) is 25.7 Å². The first-order valence-electron chi connectivity index (χ1n) is 8.18. The average Bonchev–Trinajstić information content (AvgIpc) is 2.66. The molecule has 1 atom stereocenters. The minimum Gasteiger partial charge on any atom is -0.496 e. The average molecular weight is 417 g/mol. The molecular weight excluding hydrogens is 399 g/mol. The number of hydrogen-bond donors (Lipinski definition) is 1. The van der Waals surface area contributed by atoms with Crippen LogP contribution in [-0.2, 0) is 16.4 Å². The Morgan fingerprint density at radius 1 is 1.04 bits per heavy atom. The molecule has 1 N–H and O–H groups in total. The number of rotatable bonds is 4. The molecule has 0 fully saturated rings. The van der Waals surface area contributed by atoms with E-state index in [4.69, 9.17) is 9.47 Å². The number of hydrogen-bond acceptors (Lipinski definition) is 6. The zero-order valence-electron chi connectivity index (χ0n) is 15.0. The van der Waals surface area contributed by atoms with Crippen molar-refractivity contribution in [1.82, 2.24) is 0 Å². The Hall–Kier alpha value is -2.46. The molecule has 2 aromatic rings. The van der Waals surface area contributed by atoms with Crippen molar-refractivity contribution in [3.8, 4) is 11.5 Å². The summed E-state index contributed by atoms with van der Waals surface area (Å²) in [5.74, 6) is 1.05. The molecule has 0 radical (unpaired) electrons. The predicted octanol–water partition coefficient (Wildman–Crippen LogP) is 3.05. The first-order valence-corrected chi connectivity index (χ1v) is 9.66. The van der Waals surface area contributed by atoms with Gasteiger partial charge in [-0.1, -0.05) is 0 Å². The number of sulfone groups is 1. The van der Waals surface area contributed by atoms with Crippen LogP contribution in [0, 0.1) is 0 Å². The smallest absolute Gasteiger partial charge is 0.496 e. The normalized spacial score (nSPS) is 17.2. The first kappa shape index (κ1) is 20.3. The second-order valence-electron chi connectivity index (χ2n) is 6.20. The topological polar surface area (TPSA) is 76.1 Å². The van der Waals surface area contributed by atoms with Crippen molar-refractivity contribution in [3.63, 3.8) is 0 Å². The molecule has 0 aromatic heterocycles. The van der Waals surface area contributed by atoms with E-state index in [2.05, 4.69) is 0 Å². The van der Waals surface area contributed by atoms with Crippen LogP contribution in [0.25, 0.3) is 0 Å². The summed E-state index contributed by atoms with van der Waals surface area (Å²) in [5.41, 5.74) is -3.61. The first-order chi connectivity index (χ1) is 13.1. The lowest BCUT2D eigenvalue weighted by atomic mass is 9.95. The van der Waals surface area contributed by atoms with Crippen LogP contribution in [0.1, 0.15) is 17.2 Å². The molecule has 10 heteroatoms. The monoisotopic (exact) mass is 417 g/mol. The number of methoxy groups -OCH3 is 2. The van der Waals surface area contributed by atoms with Crippen molar-refractivity contribution < 1.29 is 36.2 Å². The number of β-amino-alcohol motifs (C(OH)–C–C–N with tert-alkyl or cyclic N) is 1. The highest BCUT2D eigenvalue weighted by Gasteiger charge is 2.46. The summed E-state index contributed by atoms with van der Waals surface area (Å²) >= 11 is 0. The van der Waals surface area contributed by atoms with E-state index in [0.29, 0.717) is 34.9 Å². The maximum atomic E-state index is 12.7. The highest BCUT2D eigenvalue weighted by Crippen LogP contribution is 2.41. The molecule has 6 nitrogen and oxygen atoms in total. The number of aliphatic hydroxyl groups is 1. The summed E-state index contributed by atoms with van der Waals surface area (Å²) in [6, 6.07) is 7.76. The highest BCUT2D eigenvalue weighted by molar-refractivity contribution is 7.92. The lowest BCUT2D eigenvalue weighted by Crippen LogP contribution is -2.34. The van der Waals surface area contributed by atoms with Gasteiger partial charge in [0.05, 0.1) is 19.1 Å². The van der Waals surface area contributed by atoms with Crippen LogP contribution < -0.4 is 14.4 Å². The van der Waals surface area contributed by atoms with Crippen molar-refractivity contribution >= 4 is 15.5 Å². The van der Waals surface area contributed by atoms with Crippen LogP contribution in [0.2, 0.25) is 0 Å². The quantitative estimate of drug-likeness (QED) is 0.824. The Balaban J connectivity index is 1.96. The Bertz CT molecular complexity index is 974. The molecule has 0 saturated heterocycles. The summed E-state index contributed by atoms with van der Waals surface area (Å²) in [4.78, 5) is 0.889. The van der Waals surface area contributed by atoms with Gasteiger partial charge < -0.3 is 19.5 Å². The third-order valence-electron chi connectivity index (χ3n) is 4.61. The van der Waals surface area contributed by atoms with Crippen molar-refractivity contribution in [3.05, 3.63) is 47.5 Å². The molecule has 28 heavy (non-hydrogen) atoms. The zero-order valence-corrected chi connectivity index (χ0v) is 15.8. The van der Waals surface area contributed by atoms with E-state index in [1.807, 2.05) is 0 Å². The number of fused-ring (bicyclic) bond motifs is 1. The standard InChI is InChI=1S/C18H18F3NO5S/c1-26-15-7-8-16(27-2)17-13(15)9-22(10-14(17)23)11-3-5-12(6-4-11)28(24,25)18(19,20)21/h3-8,14,23H,9-10H2,1-2H3/t14-/m0/s1. The predicted molar refractivity (Wildman–Crippen MR) is 95.2 cm³/mol. The van der Waals surface area contributed by atoms with E-state index in [1.54, 1.807) is 17.0 Å². The summed E-state index contributed by atoms with van der Waals surface area (Å²) < 4.78 is 71.7. The molecule has 0 aliphatic carbocycles. The lowest BCUT2D eigenvalue weighted by molar-refractivity contribution is -0.0436. The number of halogens is 3. The zero-order chi connectivity index (χ0) is 20.7. The van der Waals surface area contributed by atoms with Gasteiger partial charge in [0.1, 0.15) is 17.6 Å². The molecular formula is C18H18F3NO5S. The Kier molecular flexibility index (Phi) is 5.20. The fourth-order valence-corrected chi connectivity index (χ4v) is 4.00. The van der Waals surface area contributed by atoms with Crippen molar-refractivity contribution in [1.29, 1.82) is 0 Å². The molecule has 1 aliphatic rings. The van der Waals surface area contributed by atoms with E-state index >= 15 is 0 Å². The second kappa shape index (κ2) is 7.17. The third-order valence-corrected chi connectivity index (χ3v) is 6.11. The number of aliphatic hydroxyl groups excluding tert-OH is 1. The summed E-state index contributed by atoms with van der Waals surface area (Å²) in [6.45, 7) is 0.458. The molecule has 0 bridgehead atoms. The van der Waals surface area contributed by atoms with Gasteiger partial charge in [-0.15, -0.1) is 0 Å². The molecule has 152 valence electrons. The molecule has 0 amide bonds. The maximum Gasteiger partial charge on any atom is 0.501 e. The highest BCUT2D eigenvalue weighted by atomic mass is 32.2. The van der Waals surface area contributed by atoms with Gasteiger partial charge in [-0.05, 0) is 36.4 Å². The number of nitrogens with zero attached hydrogens (tertiary/aromatic N) is 1. The lowest BCUT2D eigenvalue weighted by Gasteiger charge is -2.35. The fraction of sp³-hybridized carbons (Fsp3) is 0.333. The van der Waals surface area contributed by atoms with Crippen LogP contribution in [0.3, 0.4) is 0 Å². The van der Waals surface area contributed by atoms with Crippen LogP contribution in [0.5, 0.6) is 11.5 Å². The van der Waals surface area contributed by atoms with Gasteiger partial charge in [0, 0.05) is 29.9 Å². The number of alkyl halides is 3. The largest absolute Gasteiger partial charge is 0.501 e. The van der Waals surface area contributed by atoms with E-state index in [-0.39, 0.29) is 6.54 Å². The third kappa shape index (κ3) is 3.37. The maximum absolute atomic E-state index is 12.7.